The van der Waals surface area contributed by atoms with Gasteiger partial charge >= 0.3 is 0 Å². The Balaban J connectivity index is 1.14. The van der Waals surface area contributed by atoms with E-state index in [1.165, 1.54) is 11.1 Å². The van der Waals surface area contributed by atoms with E-state index in [2.05, 4.69) is 228 Å². The second-order valence-electron chi connectivity index (χ2n) is 15.2. The smallest absolute Gasteiger partial charge is 0.238 e. The van der Waals surface area contributed by atoms with Crippen LogP contribution in [0.2, 0.25) is 0 Å². The summed E-state index contributed by atoms with van der Waals surface area (Å²) >= 11 is 0. The molecule has 0 aliphatic rings. The molecular formula is C57H39N5. The van der Waals surface area contributed by atoms with Crippen molar-refractivity contribution in [3.05, 3.63) is 237 Å². The molecule has 5 heteroatoms. The molecule has 0 saturated carbocycles. The summed E-state index contributed by atoms with van der Waals surface area (Å²) in [5.41, 5.74) is 13.7. The Labute approximate surface area is 360 Å². The summed E-state index contributed by atoms with van der Waals surface area (Å²) in [7, 11) is 0. The van der Waals surface area contributed by atoms with E-state index >= 15 is 0 Å². The number of hydrogen-bond donors (Lipinski definition) is 0. The fraction of sp³-hybridized carbons (Fsp3) is 0. The van der Waals surface area contributed by atoms with Gasteiger partial charge in [0.2, 0.25) is 5.95 Å². The SMILES string of the molecule is c1ccc(-c2ccc(-c3cccc4c5ccccc5n(-c5nc(-c6ccccc6)nc(-c6ccccc6-c6ccccc6N(c6ccccc6)c6ccccc6)n5)c34)cc2)cc1. The summed E-state index contributed by atoms with van der Waals surface area (Å²) in [5.74, 6) is 1.73. The monoisotopic (exact) mass is 793 g/mol. The van der Waals surface area contributed by atoms with Crippen molar-refractivity contribution in [2.45, 2.75) is 0 Å². The van der Waals surface area contributed by atoms with E-state index in [9.17, 15) is 0 Å². The summed E-state index contributed by atoms with van der Waals surface area (Å²) in [5, 5.41) is 2.26. The maximum Gasteiger partial charge on any atom is 0.238 e. The molecule has 62 heavy (non-hydrogen) atoms. The van der Waals surface area contributed by atoms with Crippen molar-refractivity contribution in [1.82, 2.24) is 19.5 Å². The third-order valence-corrected chi connectivity index (χ3v) is 11.5. The van der Waals surface area contributed by atoms with Crippen LogP contribution in [0.25, 0.3) is 83.9 Å². The molecule has 0 atom stereocenters. The number of benzene rings is 9. The van der Waals surface area contributed by atoms with Crippen LogP contribution >= 0.6 is 0 Å². The molecule has 0 spiro atoms. The van der Waals surface area contributed by atoms with Crippen LogP contribution in [-0.4, -0.2) is 19.5 Å². The molecule has 0 N–H and O–H groups in total. The predicted molar refractivity (Wildman–Crippen MR) is 256 cm³/mol. The van der Waals surface area contributed by atoms with Gasteiger partial charge in [-0.05, 0) is 58.7 Å². The van der Waals surface area contributed by atoms with Gasteiger partial charge in [0.25, 0.3) is 0 Å². The molecule has 0 radical (unpaired) electrons. The Morgan fingerprint density at radius 3 is 1.48 bits per heavy atom. The van der Waals surface area contributed by atoms with Crippen LogP contribution in [0, 0.1) is 0 Å². The third-order valence-electron chi connectivity index (χ3n) is 11.5. The maximum absolute atomic E-state index is 5.46. The molecular weight excluding hydrogens is 755 g/mol. The van der Waals surface area contributed by atoms with Gasteiger partial charge in [0.05, 0.1) is 16.7 Å². The Kier molecular flexibility index (Phi) is 9.45. The first kappa shape index (κ1) is 36.7. The zero-order valence-electron chi connectivity index (χ0n) is 33.8. The minimum atomic E-state index is 0.548. The van der Waals surface area contributed by atoms with Crippen LogP contribution in [0.1, 0.15) is 0 Å². The predicted octanol–water partition coefficient (Wildman–Crippen LogP) is 14.8. The largest absolute Gasteiger partial charge is 0.310 e. The van der Waals surface area contributed by atoms with Crippen LogP contribution < -0.4 is 4.90 Å². The minimum Gasteiger partial charge on any atom is -0.310 e. The topological polar surface area (TPSA) is 46.8 Å². The highest BCUT2D eigenvalue weighted by Crippen LogP contribution is 2.44. The third kappa shape index (κ3) is 6.68. The number of para-hydroxylation sites is 5. The number of anilines is 3. The quantitative estimate of drug-likeness (QED) is 0.146. The van der Waals surface area contributed by atoms with E-state index in [4.69, 9.17) is 15.0 Å². The first-order chi connectivity index (χ1) is 30.8. The average Bonchev–Trinajstić information content (AvgIpc) is 3.70. The summed E-state index contributed by atoms with van der Waals surface area (Å²) < 4.78 is 2.23. The Morgan fingerprint density at radius 1 is 0.306 bits per heavy atom. The number of nitrogens with zero attached hydrogens (tertiary/aromatic N) is 5. The molecule has 0 fully saturated rings. The summed E-state index contributed by atoms with van der Waals surface area (Å²) in [6, 6.07) is 82.7. The van der Waals surface area contributed by atoms with Crippen molar-refractivity contribution in [3.63, 3.8) is 0 Å². The van der Waals surface area contributed by atoms with Gasteiger partial charge in [-0.1, -0.05) is 200 Å². The zero-order valence-corrected chi connectivity index (χ0v) is 33.8. The van der Waals surface area contributed by atoms with Gasteiger partial charge in [-0.15, -0.1) is 0 Å². The molecule has 0 saturated heterocycles. The molecule has 0 amide bonds. The molecule has 2 heterocycles. The van der Waals surface area contributed by atoms with Gasteiger partial charge in [0.15, 0.2) is 11.6 Å². The van der Waals surface area contributed by atoms with Gasteiger partial charge in [0.1, 0.15) is 0 Å². The molecule has 9 aromatic carbocycles. The lowest BCUT2D eigenvalue weighted by Gasteiger charge is -2.28. The molecule has 11 aromatic rings. The van der Waals surface area contributed by atoms with Crippen LogP contribution in [0.3, 0.4) is 0 Å². The first-order valence-electron chi connectivity index (χ1n) is 20.9. The van der Waals surface area contributed by atoms with Crippen molar-refractivity contribution in [2.75, 3.05) is 4.90 Å². The zero-order chi connectivity index (χ0) is 41.2. The van der Waals surface area contributed by atoms with Gasteiger partial charge in [0, 0.05) is 44.4 Å². The molecule has 11 rings (SSSR count). The summed E-state index contributed by atoms with van der Waals surface area (Å²) in [4.78, 5) is 18.4. The normalized spacial score (nSPS) is 11.2. The molecule has 292 valence electrons. The number of fused-ring (bicyclic) bond motifs is 3. The maximum atomic E-state index is 5.46. The number of rotatable bonds is 9. The van der Waals surface area contributed by atoms with Crippen LogP contribution in [0.5, 0.6) is 0 Å². The van der Waals surface area contributed by atoms with Gasteiger partial charge in [-0.2, -0.15) is 9.97 Å². The average molecular weight is 794 g/mol. The summed E-state index contributed by atoms with van der Waals surface area (Å²) in [6.45, 7) is 0. The molecule has 0 aliphatic carbocycles. The highest BCUT2D eigenvalue weighted by Gasteiger charge is 2.23. The van der Waals surface area contributed by atoms with E-state index in [0.29, 0.717) is 17.6 Å². The molecule has 5 nitrogen and oxygen atoms in total. The van der Waals surface area contributed by atoms with E-state index in [1.807, 2.05) is 18.2 Å². The van der Waals surface area contributed by atoms with Gasteiger partial charge < -0.3 is 4.90 Å². The minimum absolute atomic E-state index is 0.548. The lowest BCUT2D eigenvalue weighted by molar-refractivity contribution is 0.954. The number of aromatic nitrogens is 4. The Hall–Kier alpha value is -8.41. The fourth-order valence-corrected chi connectivity index (χ4v) is 8.62. The highest BCUT2D eigenvalue weighted by atomic mass is 15.2. The first-order valence-corrected chi connectivity index (χ1v) is 20.9. The van der Waals surface area contributed by atoms with Gasteiger partial charge in [-0.3, -0.25) is 4.57 Å². The standard InChI is InChI=1S/C57H39N5/c1-5-20-40(21-6-1)41-36-38-42(39-37-41)46-32-19-33-50-49-30-16-18-35-53(49)62(54(46)50)57-59-55(43-22-7-2-8-23-43)58-56(60-57)51-31-14-13-28-47(51)48-29-15-17-34-52(48)61(44-24-9-3-10-25-44)45-26-11-4-12-27-45/h1-39H. The second kappa shape index (κ2) is 16.0. The lowest BCUT2D eigenvalue weighted by Crippen LogP contribution is -2.11. The van der Waals surface area contributed by atoms with Crippen molar-refractivity contribution >= 4 is 38.9 Å². The molecule has 2 aromatic heterocycles. The van der Waals surface area contributed by atoms with Crippen LogP contribution in [0.4, 0.5) is 17.1 Å². The van der Waals surface area contributed by atoms with Gasteiger partial charge in [-0.25, -0.2) is 4.98 Å². The number of hydrogen-bond acceptors (Lipinski definition) is 4. The van der Waals surface area contributed by atoms with E-state index in [0.717, 1.165) is 72.2 Å². The molecule has 0 bridgehead atoms. The summed E-state index contributed by atoms with van der Waals surface area (Å²) in [6.07, 6.45) is 0. The second-order valence-corrected chi connectivity index (χ2v) is 15.2. The lowest BCUT2D eigenvalue weighted by atomic mass is 9.96. The van der Waals surface area contributed by atoms with E-state index < -0.39 is 0 Å². The molecule has 0 aliphatic heterocycles. The highest BCUT2D eigenvalue weighted by molar-refractivity contribution is 6.13. The van der Waals surface area contributed by atoms with Crippen molar-refractivity contribution in [3.8, 4) is 62.1 Å². The van der Waals surface area contributed by atoms with Crippen LogP contribution in [-0.2, 0) is 0 Å². The van der Waals surface area contributed by atoms with E-state index in [-0.39, 0.29) is 0 Å². The van der Waals surface area contributed by atoms with Crippen LogP contribution in [0.15, 0.2) is 237 Å². The van der Waals surface area contributed by atoms with Crippen molar-refractivity contribution in [1.29, 1.82) is 0 Å². The Morgan fingerprint density at radius 2 is 0.790 bits per heavy atom. The fourth-order valence-electron chi connectivity index (χ4n) is 8.62. The molecule has 0 unspecified atom stereocenters. The Bertz CT molecular complexity index is 3290. The van der Waals surface area contributed by atoms with Crippen molar-refractivity contribution < 1.29 is 0 Å². The van der Waals surface area contributed by atoms with E-state index in [1.54, 1.807) is 0 Å². The van der Waals surface area contributed by atoms with Crippen molar-refractivity contribution in [2.24, 2.45) is 0 Å².